The number of aryl methyl sites for hydroxylation is 2. The highest BCUT2D eigenvalue weighted by molar-refractivity contribution is 5.42. The molecule has 1 aromatic carbocycles. The normalized spacial score (nSPS) is 9.90. The summed E-state index contributed by atoms with van der Waals surface area (Å²) < 4.78 is 0. The number of rotatable bonds is 0. The van der Waals surface area contributed by atoms with Crippen molar-refractivity contribution in [2.75, 3.05) is 0 Å². The molecule has 1 rings (SSSR count). The Morgan fingerprint density at radius 1 is 1.20 bits per heavy atom. The van der Waals surface area contributed by atoms with Crippen LogP contribution in [0, 0.1) is 20.8 Å². The highest BCUT2D eigenvalue weighted by atomic mass is 16.3. The summed E-state index contributed by atoms with van der Waals surface area (Å²) in [6, 6.07) is 3.73. The lowest BCUT2D eigenvalue weighted by Gasteiger charge is -2.03. The van der Waals surface area contributed by atoms with Crippen LogP contribution >= 0.6 is 0 Å². The van der Waals surface area contributed by atoms with E-state index < -0.39 is 0 Å². The molecule has 1 heteroatoms. The van der Waals surface area contributed by atoms with Gasteiger partial charge < -0.3 is 5.11 Å². The van der Waals surface area contributed by atoms with Crippen LogP contribution in [0.4, 0.5) is 0 Å². The van der Waals surface area contributed by atoms with Gasteiger partial charge in [0, 0.05) is 0 Å². The molecule has 0 aliphatic heterocycles. The lowest BCUT2D eigenvalue weighted by Crippen LogP contribution is -1.81. The van der Waals surface area contributed by atoms with Crippen LogP contribution in [0.2, 0.25) is 0 Å². The molecular weight excluding hydrogens is 124 g/mol. The van der Waals surface area contributed by atoms with Crippen LogP contribution < -0.4 is 0 Å². The first-order valence-corrected chi connectivity index (χ1v) is 3.23. The van der Waals surface area contributed by atoms with Crippen LogP contribution in [0.1, 0.15) is 16.7 Å². The van der Waals surface area contributed by atoms with E-state index in [1.165, 1.54) is 0 Å². The van der Waals surface area contributed by atoms with E-state index in [1.807, 2.05) is 26.0 Å². The Kier molecular flexibility index (Phi) is 1.66. The molecule has 0 aromatic heterocycles. The third-order valence-corrected chi connectivity index (χ3v) is 1.55. The molecule has 1 N–H and O–H groups in total. The quantitative estimate of drug-likeness (QED) is 0.578. The second-order valence-electron chi connectivity index (χ2n) is 2.58. The van der Waals surface area contributed by atoms with E-state index in [9.17, 15) is 5.11 Å². The Labute approximate surface area is 61.3 Å². The van der Waals surface area contributed by atoms with Gasteiger partial charge in [0.25, 0.3) is 0 Å². The topological polar surface area (TPSA) is 20.2 Å². The van der Waals surface area contributed by atoms with Crippen LogP contribution in [0.25, 0.3) is 0 Å². The number of phenolic OH excluding ortho intramolecular Hbond substituents is 1. The molecule has 0 amide bonds. The molecule has 1 nitrogen and oxygen atoms in total. The van der Waals surface area contributed by atoms with Crippen LogP contribution in [-0.4, -0.2) is 5.11 Å². The zero-order valence-electron chi connectivity index (χ0n) is 6.31. The van der Waals surface area contributed by atoms with Gasteiger partial charge in [-0.2, -0.15) is 0 Å². The van der Waals surface area contributed by atoms with Gasteiger partial charge in [-0.15, -0.1) is 0 Å². The Hall–Kier alpha value is -0.980. The summed E-state index contributed by atoms with van der Waals surface area (Å²) in [5.74, 6) is 0.382. The van der Waals surface area contributed by atoms with Gasteiger partial charge in [0.15, 0.2) is 0 Å². The number of hydrogen-bond donors (Lipinski definition) is 1. The molecule has 0 atom stereocenters. The van der Waals surface area contributed by atoms with E-state index in [0.717, 1.165) is 16.7 Å². The third kappa shape index (κ3) is 1.13. The Morgan fingerprint density at radius 3 is 2.00 bits per heavy atom. The van der Waals surface area contributed by atoms with Crippen molar-refractivity contribution >= 4 is 0 Å². The minimum Gasteiger partial charge on any atom is -0.507 e. The summed E-state index contributed by atoms with van der Waals surface area (Å²) in [4.78, 5) is 0. The minimum absolute atomic E-state index is 0.382. The second-order valence-corrected chi connectivity index (χ2v) is 2.58. The first kappa shape index (κ1) is 7.13. The van der Waals surface area contributed by atoms with Crippen LogP contribution in [0.5, 0.6) is 5.75 Å². The van der Waals surface area contributed by atoms with Crippen molar-refractivity contribution in [1.82, 2.24) is 0 Å². The van der Waals surface area contributed by atoms with Gasteiger partial charge >= 0.3 is 0 Å². The van der Waals surface area contributed by atoms with Gasteiger partial charge in [-0.1, -0.05) is 12.1 Å². The maximum atomic E-state index is 9.30. The van der Waals surface area contributed by atoms with Crippen LogP contribution in [-0.2, 0) is 0 Å². The fourth-order valence-corrected chi connectivity index (χ4v) is 1.05. The molecule has 0 aliphatic rings. The fourth-order valence-electron chi connectivity index (χ4n) is 1.05. The molecule has 0 fully saturated rings. The van der Waals surface area contributed by atoms with E-state index in [1.54, 1.807) is 0 Å². The van der Waals surface area contributed by atoms with Crippen molar-refractivity contribution in [3.05, 3.63) is 35.7 Å². The average Bonchev–Trinajstić information content (AvgIpc) is 1.82. The summed E-state index contributed by atoms with van der Waals surface area (Å²) in [6.45, 7) is 7.52. The number of aromatic hydroxyl groups is 1. The Morgan fingerprint density at radius 2 is 1.60 bits per heavy atom. The lowest BCUT2D eigenvalue weighted by molar-refractivity contribution is 0.467. The predicted molar refractivity (Wildman–Crippen MR) is 42.0 cm³/mol. The van der Waals surface area contributed by atoms with E-state index in [4.69, 9.17) is 0 Å². The van der Waals surface area contributed by atoms with Crippen molar-refractivity contribution in [2.45, 2.75) is 13.8 Å². The first-order valence-electron chi connectivity index (χ1n) is 3.23. The molecule has 0 saturated carbocycles. The molecule has 53 valence electrons. The van der Waals surface area contributed by atoms with Gasteiger partial charge in [-0.25, -0.2) is 0 Å². The van der Waals surface area contributed by atoms with Gasteiger partial charge in [-0.05, 0) is 37.5 Å². The van der Waals surface area contributed by atoms with E-state index in [2.05, 4.69) is 6.92 Å². The molecule has 1 radical (unpaired) electrons. The standard InChI is InChI=1S/C9H11O/c1-6-4-7(2)9(10)8(3)5-6/h4-5,10H,1H2,2-3H3. The van der Waals surface area contributed by atoms with E-state index >= 15 is 0 Å². The summed E-state index contributed by atoms with van der Waals surface area (Å²) in [6.07, 6.45) is 0. The van der Waals surface area contributed by atoms with E-state index in [-0.39, 0.29) is 0 Å². The number of phenols is 1. The maximum Gasteiger partial charge on any atom is 0.121 e. The predicted octanol–water partition coefficient (Wildman–Crippen LogP) is 2.19. The van der Waals surface area contributed by atoms with Crippen molar-refractivity contribution in [3.8, 4) is 5.75 Å². The first-order chi connectivity index (χ1) is 4.61. The van der Waals surface area contributed by atoms with E-state index in [0.29, 0.717) is 5.75 Å². The summed E-state index contributed by atoms with van der Waals surface area (Å²) in [5, 5.41) is 9.30. The lowest BCUT2D eigenvalue weighted by atomic mass is 10.1. The summed E-state index contributed by atoms with van der Waals surface area (Å²) in [7, 11) is 0. The molecule has 0 spiro atoms. The highest BCUT2D eigenvalue weighted by Gasteiger charge is 1.98. The maximum absolute atomic E-state index is 9.30. The van der Waals surface area contributed by atoms with Gasteiger partial charge in [0.1, 0.15) is 5.75 Å². The van der Waals surface area contributed by atoms with Crippen molar-refractivity contribution in [2.24, 2.45) is 0 Å². The van der Waals surface area contributed by atoms with Crippen molar-refractivity contribution in [3.63, 3.8) is 0 Å². The monoisotopic (exact) mass is 135 g/mol. The zero-order chi connectivity index (χ0) is 7.72. The molecule has 0 saturated heterocycles. The van der Waals surface area contributed by atoms with Gasteiger partial charge in [0.05, 0.1) is 0 Å². The van der Waals surface area contributed by atoms with Gasteiger partial charge in [0.2, 0.25) is 0 Å². The van der Waals surface area contributed by atoms with Gasteiger partial charge in [-0.3, -0.25) is 0 Å². The third-order valence-electron chi connectivity index (χ3n) is 1.55. The van der Waals surface area contributed by atoms with Crippen LogP contribution in [0.15, 0.2) is 12.1 Å². The summed E-state index contributed by atoms with van der Waals surface area (Å²) >= 11 is 0. The molecule has 0 heterocycles. The number of benzene rings is 1. The zero-order valence-corrected chi connectivity index (χ0v) is 6.31. The highest BCUT2D eigenvalue weighted by Crippen LogP contribution is 2.21. The number of hydrogen-bond acceptors (Lipinski definition) is 1. The van der Waals surface area contributed by atoms with Crippen molar-refractivity contribution < 1.29 is 5.11 Å². The smallest absolute Gasteiger partial charge is 0.121 e. The second kappa shape index (κ2) is 2.33. The molecule has 0 unspecified atom stereocenters. The Balaban J connectivity index is 3.31. The summed E-state index contributed by atoms with van der Waals surface area (Å²) in [5.41, 5.74) is 2.74. The molecule has 1 aromatic rings. The Bertz CT molecular complexity index is 228. The molecule has 0 bridgehead atoms. The van der Waals surface area contributed by atoms with Crippen molar-refractivity contribution in [1.29, 1.82) is 0 Å². The minimum atomic E-state index is 0.382. The largest absolute Gasteiger partial charge is 0.507 e. The molecule has 0 aliphatic carbocycles. The molecule has 10 heavy (non-hydrogen) atoms. The fraction of sp³-hybridized carbons (Fsp3) is 0.222. The average molecular weight is 135 g/mol. The van der Waals surface area contributed by atoms with Crippen LogP contribution in [0.3, 0.4) is 0 Å². The SMILES string of the molecule is [CH2]c1cc(C)c(O)c(C)c1. The molecular formula is C9H11O.